The lowest BCUT2D eigenvalue weighted by atomic mass is 9.85. The Hall–Kier alpha value is -1.34. The van der Waals surface area contributed by atoms with E-state index in [4.69, 9.17) is 5.11 Å². The van der Waals surface area contributed by atoms with E-state index in [9.17, 15) is 14.7 Å². The minimum atomic E-state index is -0.814. The molecule has 2 rings (SSSR count). The summed E-state index contributed by atoms with van der Waals surface area (Å²) in [5, 5.41) is 22.7. The number of aliphatic carboxylic acids is 1. The van der Waals surface area contributed by atoms with Gasteiger partial charge in [0.2, 0.25) is 0 Å². The summed E-state index contributed by atoms with van der Waals surface area (Å²) in [6.07, 6.45) is 7.45. The number of carboxylic acids is 1. The smallest absolute Gasteiger partial charge is 0.317 e. The van der Waals surface area contributed by atoms with E-state index in [1.165, 1.54) is 0 Å². The summed E-state index contributed by atoms with van der Waals surface area (Å²) in [6.45, 7) is 3.07. The molecule has 3 N–H and O–H groups in total. The molecular formula is C18H33N3O4. The minimum absolute atomic E-state index is 0.0504. The fraction of sp³-hybridized carbons (Fsp3) is 0.889. The predicted molar refractivity (Wildman–Crippen MR) is 95.5 cm³/mol. The molecule has 0 aromatic carbocycles. The van der Waals surface area contributed by atoms with Crippen molar-refractivity contribution in [3.8, 4) is 0 Å². The Morgan fingerprint density at radius 3 is 2.28 bits per heavy atom. The van der Waals surface area contributed by atoms with Gasteiger partial charge in [0.1, 0.15) is 0 Å². The molecule has 0 aromatic heterocycles. The molecule has 7 nitrogen and oxygen atoms in total. The molecule has 144 valence electrons. The van der Waals surface area contributed by atoms with Crippen LogP contribution in [0.25, 0.3) is 0 Å². The zero-order valence-electron chi connectivity index (χ0n) is 15.5. The molecule has 2 aliphatic rings. The Labute approximate surface area is 150 Å². The van der Waals surface area contributed by atoms with Crippen LogP contribution in [0, 0.1) is 0 Å². The third-order valence-electron chi connectivity index (χ3n) is 5.61. The van der Waals surface area contributed by atoms with Gasteiger partial charge in [0.25, 0.3) is 0 Å². The summed E-state index contributed by atoms with van der Waals surface area (Å²) in [7, 11) is 1.73. The Morgan fingerprint density at radius 1 is 1.16 bits per heavy atom. The van der Waals surface area contributed by atoms with Crippen LogP contribution >= 0.6 is 0 Å². The number of nitrogens with zero attached hydrogens (tertiary/aromatic N) is 2. The van der Waals surface area contributed by atoms with Gasteiger partial charge in [-0.3, -0.25) is 9.69 Å². The summed E-state index contributed by atoms with van der Waals surface area (Å²) in [5.74, 6) is -0.814. The van der Waals surface area contributed by atoms with Crippen LogP contribution in [-0.4, -0.2) is 76.4 Å². The highest BCUT2D eigenvalue weighted by Crippen LogP contribution is 2.28. The second-order valence-electron chi connectivity index (χ2n) is 7.72. The quantitative estimate of drug-likeness (QED) is 0.604. The van der Waals surface area contributed by atoms with Crippen LogP contribution < -0.4 is 5.32 Å². The van der Waals surface area contributed by atoms with Crippen LogP contribution in [0.4, 0.5) is 4.79 Å². The van der Waals surface area contributed by atoms with Gasteiger partial charge in [0.05, 0.1) is 18.7 Å². The van der Waals surface area contributed by atoms with Gasteiger partial charge in [-0.15, -0.1) is 0 Å². The highest BCUT2D eigenvalue weighted by Gasteiger charge is 2.36. The van der Waals surface area contributed by atoms with Crippen LogP contribution in [0.5, 0.6) is 0 Å². The SMILES string of the molecule is CCN(CC(=O)O)C1CC(NC(=O)N(C)CC2(O)CCCCCC2)C1. The maximum atomic E-state index is 12.4. The van der Waals surface area contributed by atoms with Gasteiger partial charge in [0, 0.05) is 19.1 Å². The fourth-order valence-corrected chi connectivity index (χ4v) is 4.02. The molecule has 0 unspecified atom stereocenters. The number of aliphatic hydroxyl groups is 1. The number of amides is 2. The van der Waals surface area contributed by atoms with Gasteiger partial charge in [-0.05, 0) is 32.2 Å². The van der Waals surface area contributed by atoms with Crippen molar-refractivity contribution in [2.45, 2.75) is 76.0 Å². The molecule has 2 amide bonds. The third kappa shape index (κ3) is 5.85. The monoisotopic (exact) mass is 355 g/mol. The standard InChI is InChI=1S/C18H33N3O4/c1-3-21(12-16(22)23)15-10-14(11-15)19-17(24)20(2)13-18(25)8-6-4-5-7-9-18/h14-15,25H,3-13H2,1-2H3,(H,19,24)(H,22,23). The number of urea groups is 1. The summed E-state index contributed by atoms with van der Waals surface area (Å²) >= 11 is 0. The lowest BCUT2D eigenvalue weighted by Gasteiger charge is -2.43. The number of carbonyl (C=O) groups excluding carboxylic acids is 1. The lowest BCUT2D eigenvalue weighted by molar-refractivity contribution is -0.139. The number of rotatable bonds is 7. The van der Waals surface area contributed by atoms with Crippen molar-refractivity contribution in [3.05, 3.63) is 0 Å². The molecule has 0 bridgehead atoms. The van der Waals surface area contributed by atoms with E-state index in [0.29, 0.717) is 13.1 Å². The first-order valence-corrected chi connectivity index (χ1v) is 9.53. The molecule has 0 aromatic rings. The highest BCUT2D eigenvalue weighted by molar-refractivity contribution is 5.74. The third-order valence-corrected chi connectivity index (χ3v) is 5.61. The zero-order chi connectivity index (χ0) is 18.4. The topological polar surface area (TPSA) is 93.1 Å². The first-order chi connectivity index (χ1) is 11.8. The number of nitrogens with one attached hydrogen (secondary N) is 1. The molecule has 0 radical (unpaired) electrons. The average molecular weight is 355 g/mol. The summed E-state index contributed by atoms with van der Waals surface area (Å²) < 4.78 is 0. The Kier molecular flexibility index (Phi) is 7.07. The number of hydrogen-bond donors (Lipinski definition) is 3. The largest absolute Gasteiger partial charge is 0.480 e. The van der Waals surface area contributed by atoms with Crippen LogP contribution in [0.15, 0.2) is 0 Å². The molecule has 25 heavy (non-hydrogen) atoms. The van der Waals surface area contributed by atoms with Gasteiger partial charge >= 0.3 is 12.0 Å². The average Bonchev–Trinajstić information content (AvgIpc) is 2.72. The van der Waals surface area contributed by atoms with Gasteiger partial charge in [-0.2, -0.15) is 0 Å². The van der Waals surface area contributed by atoms with Crippen molar-refractivity contribution >= 4 is 12.0 Å². The molecule has 0 heterocycles. The molecule has 0 aliphatic heterocycles. The maximum absolute atomic E-state index is 12.4. The Balaban J connectivity index is 1.74. The summed E-state index contributed by atoms with van der Waals surface area (Å²) in [6, 6.07) is 0.164. The maximum Gasteiger partial charge on any atom is 0.317 e. The zero-order valence-corrected chi connectivity index (χ0v) is 15.5. The van der Waals surface area contributed by atoms with Crippen LogP contribution in [0.2, 0.25) is 0 Å². The van der Waals surface area contributed by atoms with E-state index in [1.54, 1.807) is 11.9 Å². The number of likely N-dealkylation sites (N-methyl/N-ethyl adjacent to an activating group) is 2. The predicted octanol–water partition coefficient (Wildman–Crippen LogP) is 1.65. The number of carbonyl (C=O) groups is 2. The van der Waals surface area contributed by atoms with Crippen molar-refractivity contribution < 1.29 is 19.8 Å². The van der Waals surface area contributed by atoms with E-state index < -0.39 is 11.6 Å². The molecule has 0 saturated heterocycles. The molecule has 0 atom stereocenters. The van der Waals surface area contributed by atoms with E-state index in [0.717, 1.165) is 51.4 Å². The van der Waals surface area contributed by atoms with E-state index >= 15 is 0 Å². The van der Waals surface area contributed by atoms with Crippen LogP contribution in [0.3, 0.4) is 0 Å². The molecule has 2 aliphatic carbocycles. The van der Waals surface area contributed by atoms with Gasteiger partial charge in [0.15, 0.2) is 0 Å². The first kappa shape index (κ1) is 20.0. The molecule has 2 saturated carbocycles. The van der Waals surface area contributed by atoms with Crippen molar-refractivity contribution in [2.75, 3.05) is 26.7 Å². The molecule has 0 spiro atoms. The van der Waals surface area contributed by atoms with Crippen LogP contribution in [-0.2, 0) is 4.79 Å². The Morgan fingerprint density at radius 2 is 1.76 bits per heavy atom. The normalized spacial score (nSPS) is 25.8. The Bertz CT molecular complexity index is 457. The lowest BCUT2D eigenvalue weighted by Crippen LogP contribution is -2.57. The second-order valence-corrected chi connectivity index (χ2v) is 7.72. The number of hydrogen-bond acceptors (Lipinski definition) is 4. The highest BCUT2D eigenvalue weighted by atomic mass is 16.4. The van der Waals surface area contributed by atoms with Gasteiger partial charge in [-0.25, -0.2) is 4.79 Å². The van der Waals surface area contributed by atoms with E-state index in [-0.39, 0.29) is 24.7 Å². The first-order valence-electron chi connectivity index (χ1n) is 9.53. The summed E-state index contributed by atoms with van der Waals surface area (Å²) in [4.78, 5) is 26.8. The molecule has 2 fully saturated rings. The van der Waals surface area contributed by atoms with Crippen molar-refractivity contribution in [3.63, 3.8) is 0 Å². The van der Waals surface area contributed by atoms with E-state index in [1.807, 2.05) is 11.8 Å². The number of carboxylic acid groups (broad SMARTS) is 1. The molecule has 7 heteroatoms. The van der Waals surface area contributed by atoms with E-state index in [2.05, 4.69) is 5.32 Å². The fourth-order valence-electron chi connectivity index (χ4n) is 4.02. The van der Waals surface area contributed by atoms with Gasteiger partial charge < -0.3 is 20.4 Å². The molecular weight excluding hydrogens is 322 g/mol. The summed E-state index contributed by atoms with van der Waals surface area (Å²) in [5.41, 5.74) is -0.759. The van der Waals surface area contributed by atoms with Crippen molar-refractivity contribution in [1.82, 2.24) is 15.1 Å². The van der Waals surface area contributed by atoms with Gasteiger partial charge in [-0.1, -0.05) is 32.6 Å². The van der Waals surface area contributed by atoms with Crippen LogP contribution in [0.1, 0.15) is 58.3 Å². The minimum Gasteiger partial charge on any atom is -0.480 e. The second kappa shape index (κ2) is 8.85. The van der Waals surface area contributed by atoms with Crippen molar-refractivity contribution in [1.29, 1.82) is 0 Å². The van der Waals surface area contributed by atoms with Crippen molar-refractivity contribution in [2.24, 2.45) is 0 Å².